The summed E-state index contributed by atoms with van der Waals surface area (Å²) >= 11 is 5.07. The third-order valence-corrected chi connectivity index (χ3v) is 2.13. The zero-order chi connectivity index (χ0) is 8.27. The lowest BCUT2D eigenvalue weighted by molar-refractivity contribution is 0.438. The standard InChI is InChI=1S/C6H7BO2S2/c8-7(9)11-6-3-1-5(10)2-4-6/h1-4,8-10H. The van der Waals surface area contributed by atoms with E-state index in [1.807, 2.05) is 0 Å². The van der Waals surface area contributed by atoms with Crippen molar-refractivity contribution in [1.29, 1.82) is 0 Å². The van der Waals surface area contributed by atoms with Crippen LogP contribution in [0.1, 0.15) is 0 Å². The van der Waals surface area contributed by atoms with Gasteiger partial charge in [-0.05, 0) is 24.3 Å². The Labute approximate surface area is 75.1 Å². The fourth-order valence-electron chi connectivity index (χ4n) is 0.646. The molecule has 1 aromatic carbocycles. The fourth-order valence-corrected chi connectivity index (χ4v) is 1.33. The van der Waals surface area contributed by atoms with E-state index in [1.165, 1.54) is 0 Å². The number of thiol groups is 1. The van der Waals surface area contributed by atoms with E-state index in [1.54, 1.807) is 24.3 Å². The fraction of sp³-hybridized carbons (Fsp3) is 0. The van der Waals surface area contributed by atoms with Gasteiger partial charge in [-0.15, -0.1) is 24.2 Å². The molecule has 0 aliphatic heterocycles. The van der Waals surface area contributed by atoms with Gasteiger partial charge in [0.25, 0.3) is 0 Å². The summed E-state index contributed by atoms with van der Waals surface area (Å²) in [6.45, 7) is 0. The minimum absolute atomic E-state index is 0.817. The molecule has 0 heterocycles. The van der Waals surface area contributed by atoms with E-state index in [-0.39, 0.29) is 0 Å². The Balaban J connectivity index is 2.66. The second-order valence-electron chi connectivity index (χ2n) is 1.94. The Morgan fingerprint density at radius 1 is 1.18 bits per heavy atom. The average Bonchev–Trinajstić information content (AvgIpc) is 1.93. The molecule has 11 heavy (non-hydrogen) atoms. The molecule has 0 bridgehead atoms. The first kappa shape index (κ1) is 9.00. The molecule has 0 saturated carbocycles. The Kier molecular flexibility index (Phi) is 3.32. The molecule has 0 saturated heterocycles. The van der Waals surface area contributed by atoms with Crippen molar-refractivity contribution in [3.8, 4) is 0 Å². The Bertz CT molecular complexity index is 225. The predicted molar refractivity (Wildman–Crippen MR) is 49.7 cm³/mol. The normalized spacial score (nSPS) is 9.73. The third-order valence-electron chi connectivity index (χ3n) is 1.08. The van der Waals surface area contributed by atoms with Crippen LogP contribution >= 0.6 is 24.2 Å². The van der Waals surface area contributed by atoms with Crippen molar-refractivity contribution in [3.63, 3.8) is 0 Å². The van der Waals surface area contributed by atoms with Crippen LogP contribution in [0.25, 0.3) is 0 Å². The van der Waals surface area contributed by atoms with Crippen LogP contribution in [0, 0.1) is 0 Å². The molecule has 0 aliphatic rings. The SMILES string of the molecule is OB(O)Sc1ccc(S)cc1. The second kappa shape index (κ2) is 4.06. The van der Waals surface area contributed by atoms with Crippen molar-refractivity contribution in [1.82, 2.24) is 0 Å². The van der Waals surface area contributed by atoms with Gasteiger partial charge in [-0.25, -0.2) is 0 Å². The largest absolute Gasteiger partial charge is 0.530 e. The highest BCUT2D eigenvalue weighted by atomic mass is 32.2. The van der Waals surface area contributed by atoms with E-state index < -0.39 is 6.40 Å². The molecule has 1 aromatic rings. The van der Waals surface area contributed by atoms with Crippen molar-refractivity contribution < 1.29 is 10.0 Å². The van der Waals surface area contributed by atoms with Gasteiger partial charge in [0.15, 0.2) is 0 Å². The van der Waals surface area contributed by atoms with Crippen LogP contribution in [-0.2, 0) is 0 Å². The molecule has 0 atom stereocenters. The van der Waals surface area contributed by atoms with Crippen LogP contribution in [0.5, 0.6) is 0 Å². The van der Waals surface area contributed by atoms with Gasteiger partial charge in [0.1, 0.15) is 0 Å². The van der Waals surface area contributed by atoms with Crippen molar-refractivity contribution in [3.05, 3.63) is 24.3 Å². The Morgan fingerprint density at radius 3 is 2.18 bits per heavy atom. The zero-order valence-electron chi connectivity index (χ0n) is 5.64. The summed E-state index contributed by atoms with van der Waals surface area (Å²) in [4.78, 5) is 1.68. The summed E-state index contributed by atoms with van der Waals surface area (Å²) in [5.74, 6) is 0. The molecule has 2 nitrogen and oxygen atoms in total. The first-order valence-corrected chi connectivity index (χ1v) is 4.33. The lowest BCUT2D eigenvalue weighted by Crippen LogP contribution is -2.03. The molecule has 2 N–H and O–H groups in total. The first-order valence-electron chi connectivity index (χ1n) is 3.00. The Hall–Kier alpha value is -0.0951. The van der Waals surface area contributed by atoms with Crippen LogP contribution < -0.4 is 0 Å². The molecule has 0 amide bonds. The molecular weight excluding hydrogens is 179 g/mol. The lowest BCUT2D eigenvalue weighted by Gasteiger charge is -1.98. The van der Waals surface area contributed by atoms with E-state index in [2.05, 4.69) is 12.6 Å². The highest BCUT2D eigenvalue weighted by Gasteiger charge is 2.07. The van der Waals surface area contributed by atoms with E-state index in [0.717, 1.165) is 21.4 Å². The average molecular weight is 186 g/mol. The maximum absolute atomic E-state index is 8.57. The summed E-state index contributed by atoms with van der Waals surface area (Å²) in [5, 5.41) is 17.1. The van der Waals surface area contributed by atoms with Gasteiger partial charge in [0, 0.05) is 9.79 Å². The van der Waals surface area contributed by atoms with Crippen molar-refractivity contribution in [2.45, 2.75) is 9.79 Å². The van der Waals surface area contributed by atoms with Crippen molar-refractivity contribution in [2.75, 3.05) is 0 Å². The molecule has 0 aliphatic carbocycles. The molecule has 0 fully saturated rings. The third kappa shape index (κ3) is 3.20. The van der Waals surface area contributed by atoms with Gasteiger partial charge in [-0.1, -0.05) is 0 Å². The maximum Gasteiger partial charge on any atom is 0.530 e. The summed E-state index contributed by atoms with van der Waals surface area (Å²) in [5.41, 5.74) is 0. The number of rotatable bonds is 2. The van der Waals surface area contributed by atoms with Crippen molar-refractivity contribution >= 4 is 30.6 Å². The minimum Gasteiger partial charge on any atom is -0.418 e. The van der Waals surface area contributed by atoms with Gasteiger partial charge in [0.05, 0.1) is 0 Å². The van der Waals surface area contributed by atoms with Gasteiger partial charge in [0.2, 0.25) is 0 Å². The van der Waals surface area contributed by atoms with Crippen LogP contribution in [0.15, 0.2) is 34.1 Å². The topological polar surface area (TPSA) is 40.5 Å². The summed E-state index contributed by atoms with van der Waals surface area (Å²) < 4.78 is 0. The highest BCUT2D eigenvalue weighted by molar-refractivity contribution is 8.23. The van der Waals surface area contributed by atoms with Crippen LogP contribution in [0.3, 0.4) is 0 Å². The summed E-state index contributed by atoms with van der Waals surface area (Å²) in [7, 11) is 0. The van der Waals surface area contributed by atoms with Gasteiger partial charge in [-0.3, -0.25) is 0 Å². The second-order valence-corrected chi connectivity index (χ2v) is 3.58. The zero-order valence-corrected chi connectivity index (χ0v) is 7.35. The summed E-state index contributed by atoms with van der Waals surface area (Å²) in [6.07, 6.45) is -1.35. The molecule has 0 unspecified atom stereocenters. The Morgan fingerprint density at radius 2 is 1.73 bits per heavy atom. The number of benzene rings is 1. The van der Waals surface area contributed by atoms with Crippen LogP contribution in [0.2, 0.25) is 0 Å². The summed E-state index contributed by atoms with van der Waals surface area (Å²) in [6, 6.07) is 7.17. The monoisotopic (exact) mass is 186 g/mol. The first-order chi connectivity index (χ1) is 5.18. The van der Waals surface area contributed by atoms with Gasteiger partial charge in [-0.2, -0.15) is 0 Å². The molecule has 0 aromatic heterocycles. The number of hydrogen-bond donors (Lipinski definition) is 3. The van der Waals surface area contributed by atoms with Crippen molar-refractivity contribution in [2.24, 2.45) is 0 Å². The van der Waals surface area contributed by atoms with Crippen LogP contribution in [0.4, 0.5) is 0 Å². The molecular formula is C6H7BO2S2. The van der Waals surface area contributed by atoms with Gasteiger partial charge < -0.3 is 10.0 Å². The van der Waals surface area contributed by atoms with E-state index in [4.69, 9.17) is 10.0 Å². The predicted octanol–water partition coefficient (Wildman–Crippen LogP) is 1.04. The minimum atomic E-state index is -1.35. The molecule has 0 radical (unpaired) electrons. The van der Waals surface area contributed by atoms with E-state index in [9.17, 15) is 0 Å². The highest BCUT2D eigenvalue weighted by Crippen LogP contribution is 2.19. The molecule has 0 spiro atoms. The van der Waals surface area contributed by atoms with Crippen LogP contribution in [-0.4, -0.2) is 16.4 Å². The van der Waals surface area contributed by atoms with E-state index in [0.29, 0.717) is 0 Å². The van der Waals surface area contributed by atoms with E-state index >= 15 is 0 Å². The lowest BCUT2D eigenvalue weighted by atomic mass is 10.4. The number of hydrogen-bond acceptors (Lipinski definition) is 4. The maximum atomic E-state index is 8.57. The molecule has 58 valence electrons. The quantitative estimate of drug-likeness (QED) is 0.477. The molecule has 5 heteroatoms. The molecule has 1 rings (SSSR count). The smallest absolute Gasteiger partial charge is 0.418 e. The van der Waals surface area contributed by atoms with Gasteiger partial charge >= 0.3 is 6.40 Å².